The van der Waals surface area contributed by atoms with Gasteiger partial charge in [-0.1, -0.05) is 35.0 Å². The Hall–Kier alpha value is -2.56. The molecule has 5 heteroatoms. The Morgan fingerprint density at radius 2 is 1.90 bits per heavy atom. The lowest BCUT2D eigenvalue weighted by molar-refractivity contribution is 0.318. The minimum absolute atomic E-state index is 0.104. The van der Waals surface area contributed by atoms with E-state index >= 15 is 0 Å². The Morgan fingerprint density at radius 3 is 2.52 bits per heavy atom. The fourth-order valence-corrected chi connectivity index (χ4v) is 2.10. The number of hydrogen-bond donors (Lipinski definition) is 2. The van der Waals surface area contributed by atoms with Crippen LogP contribution in [0.1, 0.15) is 16.7 Å². The fraction of sp³-hybridized carbons (Fsp3) is 0.188. The standard InChI is InChI=1S/C16H18FN3O/c1-11-6-8-13(9-7-11)20(2)10-12-4-3-5-14(15(12)17)16(18)19-21/h3-9,21H,10H2,1-2H3,(H2,18,19). The first-order valence-corrected chi connectivity index (χ1v) is 6.56. The molecule has 0 unspecified atom stereocenters. The third kappa shape index (κ3) is 3.31. The van der Waals surface area contributed by atoms with E-state index in [9.17, 15) is 4.39 Å². The molecule has 2 rings (SSSR count). The summed E-state index contributed by atoms with van der Waals surface area (Å²) in [6.07, 6.45) is 0. The van der Waals surface area contributed by atoms with E-state index < -0.39 is 5.82 Å². The predicted molar refractivity (Wildman–Crippen MR) is 82.2 cm³/mol. The summed E-state index contributed by atoms with van der Waals surface area (Å²) < 4.78 is 14.4. The monoisotopic (exact) mass is 287 g/mol. The molecule has 21 heavy (non-hydrogen) atoms. The molecule has 0 saturated carbocycles. The van der Waals surface area contributed by atoms with E-state index in [1.54, 1.807) is 12.1 Å². The highest BCUT2D eigenvalue weighted by molar-refractivity contribution is 5.97. The van der Waals surface area contributed by atoms with E-state index in [1.165, 1.54) is 11.6 Å². The first kappa shape index (κ1) is 14.8. The van der Waals surface area contributed by atoms with Crippen molar-refractivity contribution in [2.24, 2.45) is 10.9 Å². The molecule has 0 aliphatic carbocycles. The zero-order chi connectivity index (χ0) is 15.4. The third-order valence-corrected chi connectivity index (χ3v) is 3.34. The number of hydrogen-bond acceptors (Lipinski definition) is 3. The quantitative estimate of drug-likeness (QED) is 0.393. The predicted octanol–water partition coefficient (Wildman–Crippen LogP) is 2.87. The molecule has 0 amide bonds. The van der Waals surface area contributed by atoms with Crippen molar-refractivity contribution in [1.82, 2.24) is 0 Å². The highest BCUT2D eigenvalue weighted by Gasteiger charge is 2.13. The lowest BCUT2D eigenvalue weighted by Crippen LogP contribution is -2.20. The Balaban J connectivity index is 2.25. The number of nitrogens with two attached hydrogens (primary N) is 1. The molecule has 0 aliphatic rings. The second-order valence-corrected chi connectivity index (χ2v) is 4.96. The van der Waals surface area contributed by atoms with E-state index in [0.717, 1.165) is 5.69 Å². The zero-order valence-corrected chi connectivity index (χ0v) is 12.0. The molecule has 0 bridgehead atoms. The van der Waals surface area contributed by atoms with Crippen LogP contribution in [0.15, 0.2) is 47.6 Å². The lowest BCUT2D eigenvalue weighted by Gasteiger charge is -2.20. The van der Waals surface area contributed by atoms with Gasteiger partial charge in [-0.2, -0.15) is 0 Å². The number of amidine groups is 1. The van der Waals surface area contributed by atoms with Crippen LogP contribution >= 0.6 is 0 Å². The van der Waals surface area contributed by atoms with Gasteiger partial charge >= 0.3 is 0 Å². The highest BCUT2D eigenvalue weighted by atomic mass is 19.1. The molecule has 0 fully saturated rings. The fourth-order valence-electron chi connectivity index (χ4n) is 2.10. The van der Waals surface area contributed by atoms with E-state index in [0.29, 0.717) is 12.1 Å². The van der Waals surface area contributed by atoms with Crippen LogP contribution in [0.3, 0.4) is 0 Å². The van der Waals surface area contributed by atoms with Crippen LogP contribution < -0.4 is 10.6 Å². The molecule has 0 radical (unpaired) electrons. The molecule has 0 saturated heterocycles. The van der Waals surface area contributed by atoms with Crippen LogP contribution in [0.4, 0.5) is 10.1 Å². The van der Waals surface area contributed by atoms with Gasteiger partial charge in [-0.25, -0.2) is 4.39 Å². The van der Waals surface area contributed by atoms with Crippen LogP contribution in [0.5, 0.6) is 0 Å². The van der Waals surface area contributed by atoms with Crippen molar-refractivity contribution >= 4 is 11.5 Å². The molecule has 4 nitrogen and oxygen atoms in total. The van der Waals surface area contributed by atoms with Gasteiger partial charge in [0.25, 0.3) is 0 Å². The van der Waals surface area contributed by atoms with Gasteiger partial charge in [0.15, 0.2) is 5.84 Å². The Morgan fingerprint density at radius 1 is 1.24 bits per heavy atom. The van der Waals surface area contributed by atoms with Crippen LogP contribution in [0, 0.1) is 12.7 Å². The first-order valence-electron chi connectivity index (χ1n) is 6.56. The molecule has 2 aromatic carbocycles. The summed E-state index contributed by atoms with van der Waals surface area (Å²) >= 11 is 0. The molecule has 0 spiro atoms. The molecular weight excluding hydrogens is 269 g/mol. The minimum atomic E-state index is -0.466. The molecule has 110 valence electrons. The van der Waals surface area contributed by atoms with E-state index in [-0.39, 0.29) is 11.4 Å². The Kier molecular flexibility index (Phi) is 4.42. The lowest BCUT2D eigenvalue weighted by atomic mass is 10.1. The second-order valence-electron chi connectivity index (χ2n) is 4.96. The van der Waals surface area contributed by atoms with Crippen molar-refractivity contribution in [1.29, 1.82) is 0 Å². The van der Waals surface area contributed by atoms with Crippen molar-refractivity contribution < 1.29 is 9.60 Å². The number of nitrogens with zero attached hydrogens (tertiary/aromatic N) is 2. The second kappa shape index (κ2) is 6.26. The highest BCUT2D eigenvalue weighted by Crippen LogP contribution is 2.19. The smallest absolute Gasteiger partial charge is 0.173 e. The largest absolute Gasteiger partial charge is 0.409 e. The Labute approximate surface area is 123 Å². The molecule has 0 aliphatic heterocycles. The molecule has 0 heterocycles. The number of rotatable bonds is 4. The number of benzene rings is 2. The van der Waals surface area contributed by atoms with Crippen molar-refractivity contribution in [2.75, 3.05) is 11.9 Å². The SMILES string of the molecule is Cc1ccc(N(C)Cc2cccc(/C(N)=N/O)c2F)cc1. The normalized spacial score (nSPS) is 11.5. The van der Waals surface area contributed by atoms with Gasteiger partial charge in [-0.05, 0) is 25.1 Å². The molecule has 2 aromatic rings. The summed E-state index contributed by atoms with van der Waals surface area (Å²) in [5.74, 6) is -0.695. The van der Waals surface area contributed by atoms with Crippen LogP contribution in [-0.4, -0.2) is 18.1 Å². The molecular formula is C16H18FN3O. The average Bonchev–Trinajstić information content (AvgIpc) is 2.49. The number of aryl methyl sites for hydroxylation is 1. The molecule has 3 N–H and O–H groups in total. The summed E-state index contributed by atoms with van der Waals surface area (Å²) in [5.41, 5.74) is 8.23. The molecule has 0 atom stereocenters. The summed E-state index contributed by atoms with van der Waals surface area (Å²) in [6.45, 7) is 2.41. The van der Waals surface area contributed by atoms with Gasteiger partial charge in [0, 0.05) is 24.8 Å². The maximum Gasteiger partial charge on any atom is 0.173 e. The maximum atomic E-state index is 14.4. The topological polar surface area (TPSA) is 61.8 Å². The van der Waals surface area contributed by atoms with E-state index in [1.807, 2.05) is 43.1 Å². The summed E-state index contributed by atoms with van der Waals surface area (Å²) in [6, 6.07) is 12.9. The van der Waals surface area contributed by atoms with Crippen molar-refractivity contribution in [3.8, 4) is 0 Å². The van der Waals surface area contributed by atoms with Gasteiger partial charge in [-0.3, -0.25) is 0 Å². The average molecular weight is 287 g/mol. The molecule has 0 aromatic heterocycles. The minimum Gasteiger partial charge on any atom is -0.409 e. The van der Waals surface area contributed by atoms with E-state index in [2.05, 4.69) is 5.16 Å². The van der Waals surface area contributed by atoms with Crippen LogP contribution in [-0.2, 0) is 6.54 Å². The first-order chi connectivity index (χ1) is 10.0. The summed E-state index contributed by atoms with van der Waals surface area (Å²) in [4.78, 5) is 1.94. The maximum absolute atomic E-state index is 14.4. The summed E-state index contributed by atoms with van der Waals surface area (Å²) in [5, 5.41) is 11.5. The third-order valence-electron chi connectivity index (χ3n) is 3.34. The van der Waals surface area contributed by atoms with Crippen LogP contribution in [0.25, 0.3) is 0 Å². The van der Waals surface area contributed by atoms with Crippen molar-refractivity contribution in [2.45, 2.75) is 13.5 Å². The number of oxime groups is 1. The van der Waals surface area contributed by atoms with E-state index in [4.69, 9.17) is 10.9 Å². The van der Waals surface area contributed by atoms with Crippen molar-refractivity contribution in [3.05, 3.63) is 65.0 Å². The Bertz CT molecular complexity index is 653. The van der Waals surface area contributed by atoms with Gasteiger partial charge in [0.2, 0.25) is 0 Å². The van der Waals surface area contributed by atoms with Gasteiger partial charge in [-0.15, -0.1) is 0 Å². The van der Waals surface area contributed by atoms with Crippen LogP contribution in [0.2, 0.25) is 0 Å². The van der Waals surface area contributed by atoms with Gasteiger partial charge in [0.05, 0.1) is 5.56 Å². The number of anilines is 1. The van der Waals surface area contributed by atoms with Gasteiger partial charge < -0.3 is 15.8 Å². The summed E-state index contributed by atoms with van der Waals surface area (Å²) in [7, 11) is 1.89. The van der Waals surface area contributed by atoms with Gasteiger partial charge in [0.1, 0.15) is 5.82 Å². The number of halogens is 1. The zero-order valence-electron chi connectivity index (χ0n) is 12.0. The van der Waals surface area contributed by atoms with Crippen molar-refractivity contribution in [3.63, 3.8) is 0 Å².